The molecule has 0 aromatic heterocycles. The van der Waals surface area contributed by atoms with Crippen molar-refractivity contribution in [3.63, 3.8) is 0 Å². The van der Waals surface area contributed by atoms with Gasteiger partial charge in [-0.25, -0.2) is 9.13 Å². The summed E-state index contributed by atoms with van der Waals surface area (Å²) in [4.78, 5) is 72.7. The number of unbranched alkanes of at least 4 members (excludes halogenated alkanes) is 31. The summed E-state index contributed by atoms with van der Waals surface area (Å²) in [7, 11) is -9.95. The smallest absolute Gasteiger partial charge is 0.462 e. The molecular formula is C77H136O17P2. The molecule has 19 heteroatoms. The molecule has 0 saturated heterocycles. The van der Waals surface area contributed by atoms with Gasteiger partial charge in [-0.15, -0.1) is 0 Å². The summed E-state index contributed by atoms with van der Waals surface area (Å²) >= 11 is 0. The van der Waals surface area contributed by atoms with Gasteiger partial charge in [0.2, 0.25) is 0 Å². The molecule has 0 fully saturated rings. The van der Waals surface area contributed by atoms with Crippen LogP contribution in [0.2, 0.25) is 0 Å². The molecule has 0 aliphatic heterocycles. The monoisotopic (exact) mass is 1390 g/mol. The van der Waals surface area contributed by atoms with Crippen LogP contribution < -0.4 is 0 Å². The van der Waals surface area contributed by atoms with Crippen molar-refractivity contribution in [2.75, 3.05) is 39.6 Å². The van der Waals surface area contributed by atoms with E-state index in [9.17, 15) is 43.2 Å². The Morgan fingerprint density at radius 3 is 0.917 bits per heavy atom. The number of carbonyl (C=O) groups is 4. The SMILES string of the molecule is CC/C=C\C/C=C\C/C=C\CCCCCCCCCC(=O)OCC(COP(=O)(O)OCC(O)COP(=O)(O)OCC(COC(=O)CCCCCCC/C=C\C/C=C\CCC)OC(=O)CCCCCCC/C=C\CCCC)OC(=O)CCCCCCC/C=C\CCCCCCCC. The van der Waals surface area contributed by atoms with Crippen molar-refractivity contribution in [1.82, 2.24) is 0 Å². The number of esters is 4. The van der Waals surface area contributed by atoms with Gasteiger partial charge < -0.3 is 33.8 Å². The van der Waals surface area contributed by atoms with E-state index in [1.807, 2.05) is 0 Å². The van der Waals surface area contributed by atoms with Crippen LogP contribution in [-0.4, -0.2) is 96.7 Å². The van der Waals surface area contributed by atoms with Gasteiger partial charge in [0.05, 0.1) is 26.4 Å². The lowest BCUT2D eigenvalue weighted by molar-refractivity contribution is -0.161. The normalized spacial score (nSPS) is 14.4. The highest BCUT2D eigenvalue weighted by Crippen LogP contribution is 2.45. The molecule has 0 aromatic rings. The molecule has 0 aliphatic carbocycles. The van der Waals surface area contributed by atoms with Gasteiger partial charge in [0.15, 0.2) is 12.2 Å². The maximum Gasteiger partial charge on any atom is 0.472 e. The highest BCUT2D eigenvalue weighted by Gasteiger charge is 2.30. The topological polar surface area (TPSA) is 237 Å². The standard InChI is InChI=1S/C77H136O17P2/c1-5-9-13-17-21-25-29-32-34-35-37-39-43-46-50-54-58-62-75(80)88-68-73(94-77(82)64-60-56-52-48-44-40-36-33-30-26-22-18-14-10-6-2)70-92-96(85,86)90-66-71(78)65-89-95(83,84)91-69-72(93-76(81)63-59-55-51-47-41-28-24-20-16-12-8-4)67-87-74(79)61-57-53-49-45-42-38-31-27-23-19-15-11-7-3/h9,13,15,19-21,24-25,27,31-34,36,71-73,78H,5-8,10-12,14,16-18,22-23,26,28-30,35,37-70H2,1-4H3,(H,83,84)(H,85,86)/b13-9-,19-15-,24-20-,25-21-,31-27-,34-32-,36-33-. The van der Waals surface area contributed by atoms with Gasteiger partial charge in [-0.05, 0) is 128 Å². The van der Waals surface area contributed by atoms with Crippen molar-refractivity contribution >= 4 is 39.5 Å². The number of hydrogen-bond donors (Lipinski definition) is 3. The second-order valence-corrected chi connectivity index (χ2v) is 28.1. The first-order valence-corrected chi connectivity index (χ1v) is 40.8. The number of aliphatic hydroxyl groups excluding tert-OH is 1. The van der Waals surface area contributed by atoms with Gasteiger partial charge >= 0.3 is 39.5 Å². The molecule has 0 spiro atoms. The van der Waals surface area contributed by atoms with E-state index < -0.39 is 97.5 Å². The fourth-order valence-electron chi connectivity index (χ4n) is 10.0. The average Bonchev–Trinajstić information content (AvgIpc) is 2.18. The van der Waals surface area contributed by atoms with E-state index >= 15 is 0 Å². The van der Waals surface area contributed by atoms with E-state index in [-0.39, 0.29) is 25.7 Å². The first kappa shape index (κ1) is 92.2. The molecule has 0 saturated carbocycles. The Morgan fingerprint density at radius 1 is 0.302 bits per heavy atom. The molecule has 5 unspecified atom stereocenters. The van der Waals surface area contributed by atoms with E-state index in [1.165, 1.54) is 51.4 Å². The summed E-state index contributed by atoms with van der Waals surface area (Å²) in [6.07, 6.45) is 70.1. The van der Waals surface area contributed by atoms with Gasteiger partial charge in [-0.3, -0.25) is 37.3 Å². The number of phosphoric acid groups is 2. The van der Waals surface area contributed by atoms with Crippen LogP contribution in [-0.2, 0) is 65.4 Å². The third-order valence-electron chi connectivity index (χ3n) is 15.8. The first-order valence-electron chi connectivity index (χ1n) is 37.8. The molecule has 0 aromatic carbocycles. The second kappa shape index (κ2) is 69.7. The lowest BCUT2D eigenvalue weighted by Gasteiger charge is -2.21. The van der Waals surface area contributed by atoms with E-state index in [0.717, 1.165) is 193 Å². The van der Waals surface area contributed by atoms with E-state index in [4.69, 9.17) is 37.0 Å². The van der Waals surface area contributed by atoms with Gasteiger partial charge in [-0.2, -0.15) is 0 Å². The molecule has 96 heavy (non-hydrogen) atoms. The van der Waals surface area contributed by atoms with Crippen molar-refractivity contribution in [2.45, 2.75) is 341 Å². The van der Waals surface area contributed by atoms with Crippen LogP contribution >= 0.6 is 15.6 Å². The van der Waals surface area contributed by atoms with Gasteiger partial charge in [0, 0.05) is 25.7 Å². The number of rotatable bonds is 71. The lowest BCUT2D eigenvalue weighted by Crippen LogP contribution is -2.30. The van der Waals surface area contributed by atoms with Gasteiger partial charge in [0.25, 0.3) is 0 Å². The Bertz CT molecular complexity index is 2160. The van der Waals surface area contributed by atoms with Crippen LogP contribution in [0.5, 0.6) is 0 Å². The number of carbonyl (C=O) groups excluding carboxylic acids is 4. The Kier molecular flexibility index (Phi) is 67.0. The molecule has 5 atom stereocenters. The van der Waals surface area contributed by atoms with E-state index in [0.29, 0.717) is 25.7 Å². The molecule has 17 nitrogen and oxygen atoms in total. The highest BCUT2D eigenvalue weighted by molar-refractivity contribution is 7.47. The number of ether oxygens (including phenoxy) is 4. The second-order valence-electron chi connectivity index (χ2n) is 25.2. The Hall–Kier alpha value is -3.76. The Balaban J connectivity index is 5.33. The van der Waals surface area contributed by atoms with Gasteiger partial charge in [-0.1, -0.05) is 254 Å². The van der Waals surface area contributed by atoms with Crippen LogP contribution in [0.1, 0.15) is 323 Å². The zero-order valence-electron chi connectivity index (χ0n) is 60.5. The van der Waals surface area contributed by atoms with Crippen LogP contribution in [0, 0.1) is 0 Å². The minimum Gasteiger partial charge on any atom is -0.462 e. The minimum atomic E-state index is -4.97. The first-order chi connectivity index (χ1) is 46.7. The average molecular weight is 1400 g/mol. The molecule has 0 aliphatic rings. The third-order valence-corrected chi connectivity index (χ3v) is 17.7. The van der Waals surface area contributed by atoms with Crippen LogP contribution in [0.3, 0.4) is 0 Å². The zero-order chi connectivity index (χ0) is 70.4. The van der Waals surface area contributed by atoms with Crippen LogP contribution in [0.15, 0.2) is 85.1 Å². The van der Waals surface area contributed by atoms with Crippen molar-refractivity contribution in [1.29, 1.82) is 0 Å². The van der Waals surface area contributed by atoms with Crippen molar-refractivity contribution < 1.29 is 80.2 Å². The molecule has 3 N–H and O–H groups in total. The van der Waals surface area contributed by atoms with Crippen molar-refractivity contribution in [3.8, 4) is 0 Å². The molecule has 0 radical (unpaired) electrons. The largest absolute Gasteiger partial charge is 0.472 e. The van der Waals surface area contributed by atoms with Crippen LogP contribution in [0.4, 0.5) is 0 Å². The summed E-state index contributed by atoms with van der Waals surface area (Å²) in [5.41, 5.74) is 0. The van der Waals surface area contributed by atoms with Crippen molar-refractivity contribution in [2.24, 2.45) is 0 Å². The Morgan fingerprint density at radius 2 is 0.573 bits per heavy atom. The fourth-order valence-corrected chi connectivity index (χ4v) is 11.6. The van der Waals surface area contributed by atoms with E-state index in [2.05, 4.69) is 113 Å². The summed E-state index contributed by atoms with van der Waals surface area (Å²) in [6, 6.07) is 0. The maximum atomic E-state index is 13.1. The maximum absolute atomic E-state index is 13.1. The molecule has 0 bridgehead atoms. The molecule has 556 valence electrons. The highest BCUT2D eigenvalue weighted by atomic mass is 31.2. The number of hydrogen-bond acceptors (Lipinski definition) is 15. The molecule has 0 amide bonds. The summed E-state index contributed by atoms with van der Waals surface area (Å²) in [5, 5.41) is 10.6. The van der Waals surface area contributed by atoms with Crippen molar-refractivity contribution in [3.05, 3.63) is 85.1 Å². The molecule has 0 heterocycles. The Labute approximate surface area is 583 Å². The van der Waals surface area contributed by atoms with Crippen LogP contribution in [0.25, 0.3) is 0 Å². The summed E-state index contributed by atoms with van der Waals surface area (Å²) < 4.78 is 68.4. The van der Waals surface area contributed by atoms with E-state index in [1.54, 1.807) is 0 Å². The minimum absolute atomic E-state index is 0.0826. The number of phosphoric ester groups is 2. The molecule has 0 rings (SSSR count). The number of aliphatic hydroxyl groups is 1. The molecular weight excluding hydrogens is 1260 g/mol. The number of allylic oxidation sites excluding steroid dienone is 14. The predicted octanol–water partition coefficient (Wildman–Crippen LogP) is 21.4. The lowest BCUT2D eigenvalue weighted by atomic mass is 10.1. The summed E-state index contributed by atoms with van der Waals surface area (Å²) in [5.74, 6) is -2.21. The summed E-state index contributed by atoms with van der Waals surface area (Å²) in [6.45, 7) is 4.63. The predicted molar refractivity (Wildman–Crippen MR) is 390 cm³/mol. The van der Waals surface area contributed by atoms with Gasteiger partial charge in [0.1, 0.15) is 19.3 Å². The third kappa shape index (κ3) is 68.8. The quantitative estimate of drug-likeness (QED) is 0.0169. The fraction of sp³-hybridized carbons (Fsp3) is 0.766. The zero-order valence-corrected chi connectivity index (χ0v) is 62.3.